The molecule has 1 atom stereocenters. The summed E-state index contributed by atoms with van der Waals surface area (Å²) in [7, 11) is -2.03. The lowest BCUT2D eigenvalue weighted by atomic mass is 9.99. The Balaban J connectivity index is 1.64. The van der Waals surface area contributed by atoms with Crippen LogP contribution in [0.5, 0.6) is 0 Å². The molecule has 1 aromatic carbocycles. The van der Waals surface area contributed by atoms with Crippen molar-refractivity contribution in [1.82, 2.24) is 8.87 Å². The summed E-state index contributed by atoms with van der Waals surface area (Å²) < 4.78 is 36.3. The predicted molar refractivity (Wildman–Crippen MR) is 133 cm³/mol. The molecule has 1 amide bonds. The van der Waals surface area contributed by atoms with Crippen molar-refractivity contribution in [2.45, 2.75) is 37.4 Å². The molecule has 1 aliphatic rings. The molecular formula is C22H26ClN3O4S3. The molecule has 11 heteroatoms. The predicted octanol–water partition coefficient (Wildman–Crippen LogP) is 4.21. The van der Waals surface area contributed by atoms with Gasteiger partial charge in [0.25, 0.3) is 15.9 Å². The van der Waals surface area contributed by atoms with Crippen LogP contribution in [-0.2, 0) is 26.1 Å². The van der Waals surface area contributed by atoms with Crippen LogP contribution < -0.4 is 4.80 Å². The number of aryl methyl sites for hydroxylation is 2. The van der Waals surface area contributed by atoms with Crippen molar-refractivity contribution in [2.24, 2.45) is 10.9 Å². The smallest absolute Gasteiger partial charge is 0.252 e. The molecule has 3 heterocycles. The average Bonchev–Trinajstić information content (AvgIpc) is 3.36. The van der Waals surface area contributed by atoms with Gasteiger partial charge in [-0.25, -0.2) is 8.42 Å². The van der Waals surface area contributed by atoms with E-state index in [1.165, 1.54) is 32.8 Å². The number of rotatable bonds is 6. The average molecular weight is 528 g/mol. The second-order valence-electron chi connectivity index (χ2n) is 8.14. The van der Waals surface area contributed by atoms with Crippen molar-refractivity contribution in [3.63, 3.8) is 0 Å². The van der Waals surface area contributed by atoms with Crippen LogP contribution in [-0.4, -0.2) is 50.0 Å². The largest absolute Gasteiger partial charge is 0.383 e. The highest BCUT2D eigenvalue weighted by Crippen LogP contribution is 2.31. The van der Waals surface area contributed by atoms with Crippen molar-refractivity contribution in [3.8, 4) is 0 Å². The molecule has 0 bridgehead atoms. The molecule has 1 saturated heterocycles. The highest BCUT2D eigenvalue weighted by molar-refractivity contribution is 7.91. The molecule has 3 aromatic rings. The number of hydrogen-bond acceptors (Lipinski definition) is 6. The van der Waals surface area contributed by atoms with Gasteiger partial charge < -0.3 is 9.30 Å². The van der Waals surface area contributed by atoms with Crippen LogP contribution in [0.2, 0.25) is 4.34 Å². The van der Waals surface area contributed by atoms with Gasteiger partial charge in [0.1, 0.15) is 4.21 Å². The zero-order valence-electron chi connectivity index (χ0n) is 18.7. The second kappa shape index (κ2) is 9.97. The van der Waals surface area contributed by atoms with Gasteiger partial charge in [-0.05, 0) is 62.1 Å². The van der Waals surface area contributed by atoms with E-state index < -0.39 is 15.9 Å². The van der Waals surface area contributed by atoms with E-state index in [1.807, 2.05) is 4.57 Å². The summed E-state index contributed by atoms with van der Waals surface area (Å²) in [6.45, 7) is 5.72. The van der Waals surface area contributed by atoms with E-state index in [-0.39, 0.29) is 16.7 Å². The molecule has 33 heavy (non-hydrogen) atoms. The SMILES string of the molecule is COCCn1c(=NC(=O)C2CCCN(S(=O)(=O)c3ccc(Cl)s3)C2)sc2cc(C)c(C)cc21. The molecule has 0 saturated carbocycles. The lowest BCUT2D eigenvalue weighted by molar-refractivity contribution is -0.122. The summed E-state index contributed by atoms with van der Waals surface area (Å²) >= 11 is 8.43. The standard InChI is InChI=1S/C22H26ClN3O4S3/c1-14-11-17-18(12-15(14)2)31-22(26(17)9-10-30-3)24-21(27)16-5-4-8-25(13-16)33(28,29)20-7-6-19(23)32-20/h6-7,11-12,16H,4-5,8-10,13H2,1-3H3. The normalized spacial score (nSPS) is 18.3. The fraction of sp³-hybridized carbons (Fsp3) is 0.455. The van der Waals surface area contributed by atoms with E-state index in [0.29, 0.717) is 41.7 Å². The van der Waals surface area contributed by atoms with E-state index in [2.05, 4.69) is 31.0 Å². The summed E-state index contributed by atoms with van der Waals surface area (Å²) in [4.78, 5) is 18.3. The van der Waals surface area contributed by atoms with Gasteiger partial charge in [0.2, 0.25) is 0 Å². The van der Waals surface area contributed by atoms with Gasteiger partial charge >= 0.3 is 0 Å². The lowest BCUT2D eigenvalue weighted by Crippen LogP contribution is -2.42. The monoisotopic (exact) mass is 527 g/mol. The van der Waals surface area contributed by atoms with Crippen molar-refractivity contribution in [3.05, 3.63) is 44.5 Å². The highest BCUT2D eigenvalue weighted by atomic mass is 35.5. The molecule has 1 unspecified atom stereocenters. The molecule has 178 valence electrons. The first-order chi connectivity index (χ1) is 15.7. The lowest BCUT2D eigenvalue weighted by Gasteiger charge is -2.29. The Labute approximate surface area is 206 Å². The Bertz CT molecular complexity index is 1360. The molecule has 0 N–H and O–H groups in total. The zero-order valence-corrected chi connectivity index (χ0v) is 21.9. The number of benzene rings is 1. The van der Waals surface area contributed by atoms with Crippen LogP contribution in [0.3, 0.4) is 0 Å². The van der Waals surface area contributed by atoms with Crippen LogP contribution in [0.4, 0.5) is 0 Å². The van der Waals surface area contributed by atoms with E-state index >= 15 is 0 Å². The Morgan fingerprint density at radius 1 is 1.24 bits per heavy atom. The fourth-order valence-electron chi connectivity index (χ4n) is 3.92. The number of sulfonamides is 1. The topological polar surface area (TPSA) is 81.0 Å². The van der Waals surface area contributed by atoms with Gasteiger partial charge in [-0.2, -0.15) is 9.30 Å². The summed E-state index contributed by atoms with van der Waals surface area (Å²) in [6.07, 6.45) is 1.22. The van der Waals surface area contributed by atoms with Crippen LogP contribution in [0.15, 0.2) is 33.5 Å². The molecule has 1 fully saturated rings. The maximum Gasteiger partial charge on any atom is 0.252 e. The Morgan fingerprint density at radius 3 is 2.70 bits per heavy atom. The van der Waals surface area contributed by atoms with E-state index in [1.54, 1.807) is 13.2 Å². The van der Waals surface area contributed by atoms with Gasteiger partial charge in [0.05, 0.1) is 27.1 Å². The third kappa shape index (κ3) is 5.11. The van der Waals surface area contributed by atoms with E-state index in [9.17, 15) is 13.2 Å². The van der Waals surface area contributed by atoms with E-state index in [0.717, 1.165) is 21.6 Å². The number of methoxy groups -OCH3 is 1. The van der Waals surface area contributed by atoms with Crippen molar-refractivity contribution in [2.75, 3.05) is 26.8 Å². The van der Waals surface area contributed by atoms with Crippen LogP contribution in [0, 0.1) is 19.8 Å². The maximum absolute atomic E-state index is 13.2. The number of piperidine rings is 1. The first kappa shape index (κ1) is 24.6. The molecule has 0 radical (unpaired) electrons. The van der Waals surface area contributed by atoms with E-state index in [4.69, 9.17) is 16.3 Å². The summed E-state index contributed by atoms with van der Waals surface area (Å²) in [5.74, 6) is -0.765. The quantitative estimate of drug-likeness (QED) is 0.481. The number of thiophene rings is 1. The Hall–Kier alpha value is -1.56. The highest BCUT2D eigenvalue weighted by Gasteiger charge is 2.34. The number of nitrogens with zero attached hydrogens (tertiary/aromatic N) is 3. The number of thiazole rings is 1. The number of carbonyl (C=O) groups is 1. The second-order valence-corrected chi connectivity index (χ2v) is 13.0. The number of aromatic nitrogens is 1. The third-order valence-corrected chi connectivity index (χ3v) is 10.5. The number of fused-ring (bicyclic) bond motifs is 1. The summed E-state index contributed by atoms with van der Waals surface area (Å²) in [5, 5.41) is 0. The maximum atomic E-state index is 13.2. The number of halogens is 1. The fourth-order valence-corrected chi connectivity index (χ4v) is 8.22. The Morgan fingerprint density at radius 2 is 2.00 bits per heavy atom. The first-order valence-corrected chi connectivity index (χ1v) is 14.1. The minimum atomic E-state index is -3.68. The minimum absolute atomic E-state index is 0.126. The van der Waals surface area contributed by atoms with Crippen molar-refractivity contribution >= 4 is 60.4 Å². The van der Waals surface area contributed by atoms with Gasteiger partial charge in [0, 0.05) is 26.7 Å². The van der Waals surface area contributed by atoms with Gasteiger partial charge in [-0.1, -0.05) is 22.9 Å². The van der Waals surface area contributed by atoms with Crippen LogP contribution in [0.1, 0.15) is 24.0 Å². The molecule has 1 aliphatic heterocycles. The van der Waals surface area contributed by atoms with Crippen molar-refractivity contribution < 1.29 is 17.9 Å². The molecule has 0 aliphatic carbocycles. The van der Waals surface area contributed by atoms with Gasteiger partial charge in [0.15, 0.2) is 4.80 Å². The first-order valence-electron chi connectivity index (χ1n) is 10.6. The molecule has 4 rings (SSSR count). The van der Waals surface area contributed by atoms with Crippen LogP contribution >= 0.6 is 34.3 Å². The molecular weight excluding hydrogens is 502 g/mol. The van der Waals surface area contributed by atoms with Gasteiger partial charge in [-0.3, -0.25) is 4.79 Å². The zero-order chi connectivity index (χ0) is 23.8. The molecule has 0 spiro atoms. The number of hydrogen-bond donors (Lipinski definition) is 0. The molecule has 7 nitrogen and oxygen atoms in total. The summed E-state index contributed by atoms with van der Waals surface area (Å²) in [5.41, 5.74) is 3.38. The minimum Gasteiger partial charge on any atom is -0.383 e. The van der Waals surface area contributed by atoms with Gasteiger partial charge in [-0.15, -0.1) is 11.3 Å². The van der Waals surface area contributed by atoms with Crippen LogP contribution in [0.25, 0.3) is 10.2 Å². The van der Waals surface area contributed by atoms with Crippen molar-refractivity contribution in [1.29, 1.82) is 0 Å². The molecule has 2 aromatic heterocycles. The number of amides is 1. The Kier molecular flexibility index (Phi) is 7.42. The number of carbonyl (C=O) groups excluding carboxylic acids is 1. The summed E-state index contributed by atoms with van der Waals surface area (Å²) in [6, 6.07) is 7.31. The number of ether oxygens (including phenoxy) is 1. The third-order valence-electron chi connectivity index (χ3n) is 5.90.